The van der Waals surface area contributed by atoms with Crippen molar-refractivity contribution in [3.05, 3.63) is 59.7 Å². The van der Waals surface area contributed by atoms with E-state index in [9.17, 15) is 14.4 Å². The molecule has 0 bridgehead atoms. The summed E-state index contributed by atoms with van der Waals surface area (Å²) in [6.07, 6.45) is -0.591. The van der Waals surface area contributed by atoms with E-state index in [-0.39, 0.29) is 19.1 Å². The molecule has 2 amide bonds. The lowest BCUT2D eigenvalue weighted by molar-refractivity contribution is 0.0526. The molecule has 0 radical (unpaired) electrons. The van der Waals surface area contributed by atoms with Gasteiger partial charge in [-0.15, -0.1) is 0 Å². The number of nitrogens with one attached hydrogen (secondary N) is 2. The maximum Gasteiger partial charge on any atom is 0.411 e. The quantitative estimate of drug-likeness (QED) is 0.770. The second kappa shape index (κ2) is 9.22. The van der Waals surface area contributed by atoms with Gasteiger partial charge < -0.3 is 14.8 Å². The number of anilines is 2. The molecule has 0 spiro atoms. The van der Waals surface area contributed by atoms with Crippen LogP contribution in [0.3, 0.4) is 0 Å². The number of carbonyl (C=O) groups excluding carboxylic acids is 3. The molecule has 0 aliphatic carbocycles. The van der Waals surface area contributed by atoms with Gasteiger partial charge in [-0.1, -0.05) is 12.1 Å². The zero-order valence-electron chi connectivity index (χ0n) is 14.6. The van der Waals surface area contributed by atoms with Crippen LogP contribution in [0.25, 0.3) is 0 Å². The van der Waals surface area contributed by atoms with Crippen LogP contribution in [-0.4, -0.2) is 31.2 Å². The van der Waals surface area contributed by atoms with Gasteiger partial charge in [0.2, 0.25) is 0 Å². The van der Waals surface area contributed by atoms with Gasteiger partial charge in [-0.3, -0.25) is 10.1 Å². The van der Waals surface area contributed by atoms with Crippen molar-refractivity contribution in [3.8, 4) is 0 Å². The van der Waals surface area contributed by atoms with E-state index in [2.05, 4.69) is 10.6 Å². The Morgan fingerprint density at radius 2 is 1.38 bits per heavy atom. The normalized spacial score (nSPS) is 9.92. The molecule has 0 atom stereocenters. The zero-order chi connectivity index (χ0) is 18.9. The first-order valence-electron chi connectivity index (χ1n) is 8.15. The van der Waals surface area contributed by atoms with Crippen LogP contribution in [0, 0.1) is 0 Å². The van der Waals surface area contributed by atoms with Gasteiger partial charge >= 0.3 is 12.1 Å². The minimum Gasteiger partial charge on any atom is -0.462 e. The second-order valence-electron chi connectivity index (χ2n) is 5.18. The Balaban J connectivity index is 2.09. The van der Waals surface area contributed by atoms with E-state index in [0.29, 0.717) is 22.5 Å². The van der Waals surface area contributed by atoms with E-state index in [1.807, 2.05) is 0 Å². The van der Waals surface area contributed by atoms with Gasteiger partial charge in [0.1, 0.15) is 0 Å². The number of esters is 1. The highest BCUT2D eigenvalue weighted by atomic mass is 16.5. The molecule has 0 heterocycles. The van der Waals surface area contributed by atoms with Gasteiger partial charge in [0.05, 0.1) is 18.8 Å². The number of amides is 2. The van der Waals surface area contributed by atoms with Gasteiger partial charge in [0, 0.05) is 16.9 Å². The molecular formula is C19H20N2O5. The van der Waals surface area contributed by atoms with Crippen molar-refractivity contribution >= 4 is 29.3 Å². The fourth-order valence-corrected chi connectivity index (χ4v) is 2.16. The molecule has 0 aromatic heterocycles. The molecule has 0 saturated carbocycles. The number of benzene rings is 2. The Labute approximate surface area is 151 Å². The number of ether oxygens (including phenoxy) is 2. The van der Waals surface area contributed by atoms with Gasteiger partial charge in [-0.2, -0.15) is 0 Å². The highest BCUT2D eigenvalue weighted by molar-refractivity contribution is 6.05. The van der Waals surface area contributed by atoms with Crippen molar-refractivity contribution in [2.75, 3.05) is 23.8 Å². The fourth-order valence-electron chi connectivity index (χ4n) is 2.16. The summed E-state index contributed by atoms with van der Waals surface area (Å²) < 4.78 is 9.74. The third-order valence-electron chi connectivity index (χ3n) is 3.28. The predicted octanol–water partition coefficient (Wildman–Crippen LogP) is 3.68. The molecule has 2 rings (SSSR count). The Morgan fingerprint density at radius 3 is 2.04 bits per heavy atom. The molecule has 136 valence electrons. The Kier molecular flexibility index (Phi) is 6.73. The van der Waals surface area contributed by atoms with Crippen molar-refractivity contribution in [1.29, 1.82) is 0 Å². The first kappa shape index (κ1) is 19.0. The van der Waals surface area contributed by atoms with Crippen LogP contribution in [-0.2, 0) is 9.47 Å². The third kappa shape index (κ3) is 5.34. The molecule has 0 aliphatic heterocycles. The summed E-state index contributed by atoms with van der Waals surface area (Å²) in [6, 6.07) is 12.9. The molecule has 0 saturated heterocycles. The summed E-state index contributed by atoms with van der Waals surface area (Å²) in [5.41, 5.74) is 1.60. The molecular weight excluding hydrogens is 336 g/mol. The minimum atomic E-state index is -0.591. The maximum absolute atomic E-state index is 12.4. The average Bonchev–Trinajstić information content (AvgIpc) is 2.62. The highest BCUT2D eigenvalue weighted by Gasteiger charge is 2.11. The summed E-state index contributed by atoms with van der Waals surface area (Å²) in [5.74, 6) is -0.831. The second-order valence-corrected chi connectivity index (χ2v) is 5.18. The highest BCUT2D eigenvalue weighted by Crippen LogP contribution is 2.16. The summed E-state index contributed by atoms with van der Waals surface area (Å²) in [6.45, 7) is 3.95. The zero-order valence-corrected chi connectivity index (χ0v) is 14.6. The molecule has 0 aliphatic rings. The molecule has 0 fully saturated rings. The average molecular weight is 356 g/mol. The minimum absolute atomic E-state index is 0.253. The number of hydrogen-bond acceptors (Lipinski definition) is 5. The topological polar surface area (TPSA) is 93.7 Å². The Morgan fingerprint density at radius 1 is 0.808 bits per heavy atom. The monoisotopic (exact) mass is 356 g/mol. The number of carbonyl (C=O) groups is 3. The van der Waals surface area contributed by atoms with Crippen LogP contribution in [0.15, 0.2) is 48.5 Å². The summed E-state index contributed by atoms with van der Waals surface area (Å²) in [5, 5.41) is 5.25. The smallest absolute Gasteiger partial charge is 0.411 e. The molecule has 7 nitrogen and oxygen atoms in total. The van der Waals surface area contributed by atoms with E-state index >= 15 is 0 Å². The van der Waals surface area contributed by atoms with Gasteiger partial charge in [-0.05, 0) is 50.2 Å². The molecule has 2 aromatic carbocycles. The largest absolute Gasteiger partial charge is 0.462 e. The standard InChI is InChI=1S/C19H20N2O5/c1-3-25-18(23)14-8-6-9-15(12-14)20-17(22)13-7-5-10-16(11-13)21-19(24)26-4-2/h5-12H,3-4H2,1-2H3,(H,20,22)(H,21,24). The molecule has 7 heteroatoms. The van der Waals surface area contributed by atoms with Crippen molar-refractivity contribution < 1.29 is 23.9 Å². The van der Waals surface area contributed by atoms with Crippen molar-refractivity contribution in [2.24, 2.45) is 0 Å². The third-order valence-corrected chi connectivity index (χ3v) is 3.28. The molecule has 26 heavy (non-hydrogen) atoms. The Bertz CT molecular complexity index is 804. The SMILES string of the molecule is CCOC(=O)Nc1cccc(C(=O)Nc2cccc(C(=O)OCC)c2)c1. The summed E-state index contributed by atoms with van der Waals surface area (Å²) >= 11 is 0. The lowest BCUT2D eigenvalue weighted by atomic mass is 10.1. The van der Waals surface area contributed by atoms with E-state index in [1.165, 1.54) is 12.1 Å². The van der Waals surface area contributed by atoms with Crippen LogP contribution in [0.5, 0.6) is 0 Å². The molecule has 2 aromatic rings. The predicted molar refractivity (Wildman–Crippen MR) is 97.4 cm³/mol. The van der Waals surface area contributed by atoms with Gasteiger partial charge in [0.25, 0.3) is 5.91 Å². The van der Waals surface area contributed by atoms with E-state index < -0.39 is 12.1 Å². The van der Waals surface area contributed by atoms with Crippen LogP contribution < -0.4 is 10.6 Å². The van der Waals surface area contributed by atoms with Crippen LogP contribution in [0.2, 0.25) is 0 Å². The van der Waals surface area contributed by atoms with E-state index in [4.69, 9.17) is 9.47 Å². The maximum atomic E-state index is 12.4. The molecule has 0 unspecified atom stereocenters. The lowest BCUT2D eigenvalue weighted by Gasteiger charge is -2.09. The van der Waals surface area contributed by atoms with Crippen LogP contribution in [0.4, 0.5) is 16.2 Å². The van der Waals surface area contributed by atoms with Gasteiger partial charge in [-0.25, -0.2) is 9.59 Å². The van der Waals surface area contributed by atoms with Crippen molar-refractivity contribution in [2.45, 2.75) is 13.8 Å². The first-order valence-corrected chi connectivity index (χ1v) is 8.15. The Hall–Kier alpha value is -3.35. The van der Waals surface area contributed by atoms with Crippen molar-refractivity contribution in [3.63, 3.8) is 0 Å². The lowest BCUT2D eigenvalue weighted by Crippen LogP contribution is -2.15. The molecule has 2 N–H and O–H groups in total. The summed E-state index contributed by atoms with van der Waals surface area (Å²) in [4.78, 5) is 35.6. The van der Waals surface area contributed by atoms with Gasteiger partial charge in [0.15, 0.2) is 0 Å². The number of hydrogen-bond donors (Lipinski definition) is 2. The number of rotatable bonds is 6. The fraction of sp³-hybridized carbons (Fsp3) is 0.211. The first-order chi connectivity index (χ1) is 12.5. The van der Waals surface area contributed by atoms with E-state index in [1.54, 1.807) is 50.2 Å². The van der Waals surface area contributed by atoms with Crippen LogP contribution >= 0.6 is 0 Å². The van der Waals surface area contributed by atoms with Crippen molar-refractivity contribution in [1.82, 2.24) is 0 Å². The van der Waals surface area contributed by atoms with Crippen LogP contribution in [0.1, 0.15) is 34.6 Å². The van der Waals surface area contributed by atoms with E-state index in [0.717, 1.165) is 0 Å². The summed E-state index contributed by atoms with van der Waals surface area (Å²) in [7, 11) is 0.